The van der Waals surface area contributed by atoms with Gasteiger partial charge in [-0.1, -0.05) is 60.7 Å². The van der Waals surface area contributed by atoms with Gasteiger partial charge in [0.1, 0.15) is 0 Å². The molecule has 0 bridgehead atoms. The first-order chi connectivity index (χ1) is 22.9. The van der Waals surface area contributed by atoms with Gasteiger partial charge < -0.3 is 10.2 Å². The Morgan fingerprint density at radius 2 is 1.50 bits per heavy atom. The molecule has 0 fully saturated rings. The molecule has 0 saturated carbocycles. The van der Waals surface area contributed by atoms with Crippen molar-refractivity contribution in [3.8, 4) is 17.1 Å². The van der Waals surface area contributed by atoms with E-state index in [9.17, 15) is 26.4 Å². The van der Waals surface area contributed by atoms with Gasteiger partial charge in [-0.15, -0.1) is 9.93 Å². The van der Waals surface area contributed by atoms with E-state index < -0.39 is 27.7 Å². The normalized spacial score (nSPS) is 11.8. The molecule has 244 valence electrons. The third-order valence-electron chi connectivity index (χ3n) is 7.39. The Morgan fingerprint density at radius 3 is 2.21 bits per heavy atom. The summed E-state index contributed by atoms with van der Waals surface area (Å²) in [6.45, 7) is 0. The monoisotopic (exact) mass is 671 g/mol. The lowest BCUT2D eigenvalue weighted by molar-refractivity contribution is -0.137. The van der Waals surface area contributed by atoms with Crippen LogP contribution in [-0.2, 0) is 16.2 Å². The van der Waals surface area contributed by atoms with Crippen LogP contribution < -0.4 is 20.5 Å². The third-order valence-corrected chi connectivity index (χ3v) is 8.70. The molecule has 0 atom stereocenters. The molecule has 0 unspecified atom stereocenters. The van der Waals surface area contributed by atoms with Crippen molar-refractivity contribution in [1.82, 2.24) is 25.0 Å². The second-order valence-electron chi connectivity index (χ2n) is 10.9. The molecule has 0 saturated heterocycles. The van der Waals surface area contributed by atoms with Crippen molar-refractivity contribution in [2.24, 2.45) is 0 Å². The van der Waals surface area contributed by atoms with Crippen LogP contribution in [0.25, 0.3) is 27.8 Å². The van der Waals surface area contributed by atoms with Crippen LogP contribution in [0, 0.1) is 0 Å². The first kappa shape index (κ1) is 32.2. The van der Waals surface area contributed by atoms with Crippen LogP contribution >= 0.6 is 0 Å². The highest BCUT2D eigenvalue weighted by atomic mass is 32.2. The highest BCUT2D eigenvalue weighted by Crippen LogP contribution is 2.32. The summed E-state index contributed by atoms with van der Waals surface area (Å²) in [5.74, 6) is -0.286. The highest BCUT2D eigenvalue weighted by Gasteiger charge is 2.31. The lowest BCUT2D eigenvalue weighted by Gasteiger charge is -2.17. The number of alkyl halides is 3. The van der Waals surface area contributed by atoms with Gasteiger partial charge in [-0.25, -0.2) is 13.1 Å². The van der Waals surface area contributed by atoms with Crippen molar-refractivity contribution in [2.45, 2.75) is 11.1 Å². The molecule has 6 aromatic rings. The van der Waals surface area contributed by atoms with Crippen molar-refractivity contribution < 1.29 is 26.4 Å². The van der Waals surface area contributed by atoms with Crippen molar-refractivity contribution in [3.63, 3.8) is 0 Å². The number of amides is 1. The number of rotatable bonds is 9. The van der Waals surface area contributed by atoms with E-state index in [1.807, 2.05) is 31.1 Å². The van der Waals surface area contributed by atoms with Crippen molar-refractivity contribution in [2.75, 3.05) is 24.3 Å². The fraction of sp³-hybridized carbons (Fsp3) is 0.0882. The standard InChI is InChI=1S/C34H28F3N7O3S/c1-43(2)29-15-7-14-28-27(29)13-8-16-30(28)48(46,47)42-40-32(45)23-17-19-25(20-18-23)38-33-39-31(22-9-4-3-5-10-22)44(41-33)26-12-6-11-24(21-26)34(35,36)37/h3-21,42H,1-2H3,(H,38,41)(H,40,45). The smallest absolute Gasteiger partial charge is 0.377 e. The van der Waals surface area contributed by atoms with Gasteiger partial charge in [0.15, 0.2) is 5.82 Å². The number of benzene rings is 5. The summed E-state index contributed by atoms with van der Waals surface area (Å²) in [7, 11) is -0.410. The number of aromatic nitrogens is 3. The average molecular weight is 672 g/mol. The zero-order valence-corrected chi connectivity index (χ0v) is 26.3. The van der Waals surface area contributed by atoms with Gasteiger partial charge in [0.05, 0.1) is 16.1 Å². The zero-order valence-electron chi connectivity index (χ0n) is 25.5. The quantitative estimate of drug-likeness (QED) is 0.149. The van der Waals surface area contributed by atoms with Crippen LogP contribution in [0.5, 0.6) is 0 Å². The molecular formula is C34H28F3N7O3S. The molecule has 1 heterocycles. The van der Waals surface area contributed by atoms with Crippen LogP contribution in [0.4, 0.5) is 30.5 Å². The third kappa shape index (κ3) is 6.70. The maximum absolute atomic E-state index is 13.4. The summed E-state index contributed by atoms with van der Waals surface area (Å²) in [4.78, 5) is 21.5. The number of fused-ring (bicyclic) bond motifs is 1. The van der Waals surface area contributed by atoms with E-state index in [1.54, 1.807) is 60.7 Å². The first-order valence-corrected chi connectivity index (χ1v) is 16.0. The summed E-state index contributed by atoms with van der Waals surface area (Å²) in [6, 6.07) is 30.0. The minimum absolute atomic E-state index is 0.00971. The summed E-state index contributed by atoms with van der Waals surface area (Å²) in [5.41, 5.74) is 3.70. The van der Waals surface area contributed by atoms with E-state index in [2.05, 4.69) is 25.7 Å². The average Bonchev–Trinajstić information content (AvgIpc) is 3.50. The second-order valence-corrected chi connectivity index (χ2v) is 12.5. The molecule has 6 rings (SSSR count). The Kier molecular flexibility index (Phi) is 8.60. The number of nitrogens with zero attached hydrogens (tertiary/aromatic N) is 4. The van der Waals surface area contributed by atoms with Gasteiger partial charge in [0.2, 0.25) is 5.95 Å². The summed E-state index contributed by atoms with van der Waals surface area (Å²) < 4.78 is 68.1. The first-order valence-electron chi connectivity index (χ1n) is 14.5. The minimum Gasteiger partial charge on any atom is -0.377 e. The number of anilines is 3. The van der Waals surface area contributed by atoms with Gasteiger partial charge in [-0.3, -0.25) is 10.2 Å². The van der Waals surface area contributed by atoms with Crippen molar-refractivity contribution >= 4 is 44.0 Å². The second kappa shape index (κ2) is 12.8. The number of carbonyl (C=O) groups is 1. The number of carbonyl (C=O) groups excluding carboxylic acids is 1. The number of hydrogen-bond acceptors (Lipinski definition) is 7. The number of halogens is 3. The van der Waals surface area contributed by atoms with Crippen LogP contribution in [0.15, 0.2) is 120 Å². The van der Waals surface area contributed by atoms with E-state index in [1.165, 1.54) is 35.0 Å². The van der Waals surface area contributed by atoms with E-state index in [4.69, 9.17) is 0 Å². The topological polar surface area (TPSA) is 121 Å². The number of nitrogens with one attached hydrogen (secondary N) is 3. The molecule has 14 heteroatoms. The molecule has 48 heavy (non-hydrogen) atoms. The summed E-state index contributed by atoms with van der Waals surface area (Å²) in [6.07, 6.45) is -4.54. The van der Waals surface area contributed by atoms with Crippen molar-refractivity contribution in [1.29, 1.82) is 0 Å². The van der Waals surface area contributed by atoms with Crippen LogP contribution in [0.3, 0.4) is 0 Å². The molecule has 0 aliphatic heterocycles. The SMILES string of the molecule is CN(C)c1cccc2c(S(=O)(=O)NNC(=O)c3ccc(Nc4nc(-c5ccccc5)n(-c5cccc(C(F)(F)F)c5)n4)cc3)cccc12. The number of hydrazine groups is 1. The van der Waals surface area contributed by atoms with Gasteiger partial charge >= 0.3 is 6.18 Å². The zero-order chi connectivity index (χ0) is 34.1. The molecule has 10 nitrogen and oxygen atoms in total. The predicted molar refractivity (Wildman–Crippen MR) is 178 cm³/mol. The molecule has 0 radical (unpaired) electrons. The van der Waals surface area contributed by atoms with Crippen LogP contribution in [0.1, 0.15) is 15.9 Å². The maximum Gasteiger partial charge on any atom is 0.416 e. The molecule has 1 amide bonds. The van der Waals surface area contributed by atoms with E-state index in [0.717, 1.165) is 23.2 Å². The molecule has 3 N–H and O–H groups in total. The molecule has 0 spiro atoms. The Bertz CT molecular complexity index is 2220. The Morgan fingerprint density at radius 1 is 0.812 bits per heavy atom. The van der Waals surface area contributed by atoms with Crippen LogP contribution in [0.2, 0.25) is 0 Å². The van der Waals surface area contributed by atoms with E-state index in [0.29, 0.717) is 22.5 Å². The Labute approximate surface area is 273 Å². The van der Waals surface area contributed by atoms with E-state index >= 15 is 0 Å². The molecule has 0 aliphatic carbocycles. The molecular weight excluding hydrogens is 643 g/mol. The number of sulfonamides is 1. The van der Waals surface area contributed by atoms with Crippen molar-refractivity contribution in [3.05, 3.63) is 126 Å². The lowest BCUT2D eigenvalue weighted by Crippen LogP contribution is -2.41. The number of hydrogen-bond donors (Lipinski definition) is 3. The summed E-state index contributed by atoms with van der Waals surface area (Å²) >= 11 is 0. The minimum atomic E-state index is -4.54. The van der Waals surface area contributed by atoms with Gasteiger partial charge in [-0.2, -0.15) is 18.2 Å². The molecule has 1 aromatic heterocycles. The van der Waals surface area contributed by atoms with E-state index in [-0.39, 0.29) is 22.1 Å². The van der Waals surface area contributed by atoms with Gasteiger partial charge in [0, 0.05) is 47.4 Å². The predicted octanol–water partition coefficient (Wildman–Crippen LogP) is 6.54. The van der Waals surface area contributed by atoms with Gasteiger partial charge in [-0.05, 0) is 54.6 Å². The van der Waals surface area contributed by atoms with Crippen LogP contribution in [-0.4, -0.2) is 43.2 Å². The fourth-order valence-electron chi connectivity index (χ4n) is 5.10. The molecule has 0 aliphatic rings. The Balaban J connectivity index is 1.19. The lowest BCUT2D eigenvalue weighted by atomic mass is 10.1. The van der Waals surface area contributed by atoms with Gasteiger partial charge in [0.25, 0.3) is 15.9 Å². The fourth-order valence-corrected chi connectivity index (χ4v) is 6.16. The largest absolute Gasteiger partial charge is 0.416 e. The highest BCUT2D eigenvalue weighted by molar-refractivity contribution is 7.89. The summed E-state index contributed by atoms with van der Waals surface area (Å²) in [5, 5.41) is 8.67. The molecule has 5 aromatic carbocycles. The Hall–Kier alpha value is -5.73. The maximum atomic E-state index is 13.4.